The van der Waals surface area contributed by atoms with Crippen molar-refractivity contribution >= 4 is 17.3 Å². The van der Waals surface area contributed by atoms with Crippen molar-refractivity contribution < 1.29 is 4.39 Å². The fourth-order valence-electron chi connectivity index (χ4n) is 1.87. The summed E-state index contributed by atoms with van der Waals surface area (Å²) in [6.07, 6.45) is 0.727. The number of nitrogens with one attached hydrogen (secondary N) is 2. The first kappa shape index (κ1) is 14.2. The van der Waals surface area contributed by atoms with Crippen molar-refractivity contribution in [2.75, 3.05) is 17.2 Å². The van der Waals surface area contributed by atoms with E-state index in [1.807, 2.05) is 20.8 Å². The molecule has 0 aliphatic carbocycles. The lowest BCUT2D eigenvalue weighted by Crippen LogP contribution is -2.09. The third-order valence-electron chi connectivity index (χ3n) is 2.98. The predicted molar refractivity (Wildman–Crippen MR) is 80.0 cm³/mol. The molecule has 0 radical (unpaired) electrons. The third kappa shape index (κ3) is 3.04. The molecule has 5 heteroatoms. The molecule has 2 N–H and O–H groups in total. The number of para-hydroxylation sites is 1. The Bertz CT molecular complexity index is 598. The number of rotatable bonds is 5. The summed E-state index contributed by atoms with van der Waals surface area (Å²) in [5.74, 6) is 1.86. The largest absolute Gasteiger partial charge is 0.370 e. The maximum Gasteiger partial charge on any atom is 0.146 e. The molecule has 0 amide bonds. The fraction of sp³-hybridized carbons (Fsp3) is 0.333. The Kier molecular flexibility index (Phi) is 4.50. The van der Waals surface area contributed by atoms with E-state index in [2.05, 4.69) is 20.6 Å². The lowest BCUT2D eigenvalue weighted by molar-refractivity contribution is 0.631. The molecule has 0 aliphatic heterocycles. The Labute approximate surface area is 118 Å². The average Bonchev–Trinajstić information content (AvgIpc) is 2.45. The van der Waals surface area contributed by atoms with Crippen LogP contribution in [0.15, 0.2) is 24.3 Å². The predicted octanol–water partition coefficient (Wildman–Crippen LogP) is 3.66. The minimum absolute atomic E-state index is 0.298. The van der Waals surface area contributed by atoms with E-state index in [4.69, 9.17) is 0 Å². The van der Waals surface area contributed by atoms with E-state index in [0.29, 0.717) is 11.5 Å². The van der Waals surface area contributed by atoms with Crippen LogP contribution in [0.5, 0.6) is 0 Å². The number of hydrogen-bond acceptors (Lipinski definition) is 4. The summed E-state index contributed by atoms with van der Waals surface area (Å²) in [6.45, 7) is 6.70. The number of hydrogen-bond donors (Lipinski definition) is 2. The van der Waals surface area contributed by atoms with Crippen LogP contribution < -0.4 is 10.6 Å². The highest BCUT2D eigenvalue weighted by Crippen LogP contribution is 2.25. The molecule has 0 atom stereocenters. The van der Waals surface area contributed by atoms with Gasteiger partial charge in [-0.15, -0.1) is 0 Å². The van der Waals surface area contributed by atoms with Gasteiger partial charge in [0.25, 0.3) is 0 Å². The van der Waals surface area contributed by atoms with Gasteiger partial charge >= 0.3 is 0 Å². The Morgan fingerprint density at radius 1 is 1.10 bits per heavy atom. The highest BCUT2D eigenvalue weighted by Gasteiger charge is 2.11. The molecule has 1 aromatic heterocycles. The van der Waals surface area contributed by atoms with Crippen LogP contribution in [0, 0.1) is 12.7 Å². The van der Waals surface area contributed by atoms with Crippen LogP contribution >= 0.6 is 0 Å². The standard InChI is InChI=1S/C15H19FN4/c1-4-13-19-14(17-5-2)10(3)15(20-13)18-12-9-7-6-8-11(12)16/h6-9H,4-5H2,1-3H3,(H2,17,18,19,20). The first-order chi connectivity index (χ1) is 9.65. The highest BCUT2D eigenvalue weighted by atomic mass is 19.1. The van der Waals surface area contributed by atoms with Gasteiger partial charge < -0.3 is 10.6 Å². The number of aromatic nitrogens is 2. The normalized spacial score (nSPS) is 10.4. The Hall–Kier alpha value is -2.17. The first-order valence-corrected chi connectivity index (χ1v) is 6.78. The van der Waals surface area contributed by atoms with Gasteiger partial charge in [0.05, 0.1) is 5.69 Å². The van der Waals surface area contributed by atoms with Crippen molar-refractivity contribution in [3.05, 3.63) is 41.5 Å². The Balaban J connectivity index is 2.40. The van der Waals surface area contributed by atoms with E-state index in [-0.39, 0.29) is 5.82 Å². The zero-order valence-corrected chi connectivity index (χ0v) is 12.0. The zero-order chi connectivity index (χ0) is 14.5. The van der Waals surface area contributed by atoms with Crippen LogP contribution in [-0.4, -0.2) is 16.5 Å². The zero-order valence-electron chi connectivity index (χ0n) is 12.0. The lowest BCUT2D eigenvalue weighted by atomic mass is 10.2. The van der Waals surface area contributed by atoms with Gasteiger partial charge in [0.15, 0.2) is 0 Å². The molecule has 2 rings (SSSR count). The fourth-order valence-corrected chi connectivity index (χ4v) is 1.87. The maximum atomic E-state index is 13.7. The molecular weight excluding hydrogens is 255 g/mol. The van der Waals surface area contributed by atoms with Gasteiger partial charge in [0.2, 0.25) is 0 Å². The van der Waals surface area contributed by atoms with Crippen LogP contribution in [-0.2, 0) is 6.42 Å². The van der Waals surface area contributed by atoms with E-state index < -0.39 is 0 Å². The van der Waals surface area contributed by atoms with Crippen LogP contribution in [0.1, 0.15) is 25.2 Å². The van der Waals surface area contributed by atoms with E-state index in [9.17, 15) is 4.39 Å². The molecule has 0 saturated carbocycles. The Morgan fingerprint density at radius 3 is 2.45 bits per heavy atom. The van der Waals surface area contributed by atoms with E-state index in [1.165, 1.54) is 6.07 Å². The van der Waals surface area contributed by atoms with Crippen LogP contribution in [0.4, 0.5) is 21.7 Å². The number of halogens is 1. The molecule has 1 heterocycles. The van der Waals surface area contributed by atoms with E-state index >= 15 is 0 Å². The number of aryl methyl sites for hydroxylation is 1. The van der Waals surface area contributed by atoms with Crippen molar-refractivity contribution in [2.45, 2.75) is 27.2 Å². The topological polar surface area (TPSA) is 49.8 Å². The number of anilines is 3. The first-order valence-electron chi connectivity index (χ1n) is 6.78. The summed E-state index contributed by atoms with van der Waals surface area (Å²) in [6, 6.07) is 6.56. The Morgan fingerprint density at radius 2 is 1.80 bits per heavy atom. The van der Waals surface area contributed by atoms with Gasteiger partial charge in [-0.3, -0.25) is 0 Å². The summed E-state index contributed by atoms with van der Waals surface area (Å²) in [7, 11) is 0. The van der Waals surface area contributed by atoms with Crippen molar-refractivity contribution in [3.8, 4) is 0 Å². The maximum absolute atomic E-state index is 13.7. The van der Waals surface area contributed by atoms with Gasteiger partial charge in [0.1, 0.15) is 23.3 Å². The second-order valence-corrected chi connectivity index (χ2v) is 4.45. The molecule has 0 fully saturated rings. The SMILES string of the molecule is CCNc1nc(CC)nc(Nc2ccccc2F)c1C. The summed E-state index contributed by atoms with van der Waals surface area (Å²) >= 11 is 0. The van der Waals surface area contributed by atoms with Crippen molar-refractivity contribution in [2.24, 2.45) is 0 Å². The van der Waals surface area contributed by atoms with Gasteiger partial charge in [-0.2, -0.15) is 0 Å². The van der Waals surface area contributed by atoms with Crippen LogP contribution in [0.2, 0.25) is 0 Å². The van der Waals surface area contributed by atoms with Crippen molar-refractivity contribution in [3.63, 3.8) is 0 Å². The van der Waals surface area contributed by atoms with Crippen molar-refractivity contribution in [1.82, 2.24) is 9.97 Å². The second-order valence-electron chi connectivity index (χ2n) is 4.45. The molecule has 4 nitrogen and oxygen atoms in total. The van der Waals surface area contributed by atoms with Gasteiger partial charge in [-0.25, -0.2) is 14.4 Å². The molecule has 20 heavy (non-hydrogen) atoms. The minimum atomic E-state index is -0.298. The monoisotopic (exact) mass is 274 g/mol. The van der Waals surface area contributed by atoms with Gasteiger partial charge in [-0.1, -0.05) is 19.1 Å². The molecule has 0 unspecified atom stereocenters. The second kappa shape index (κ2) is 6.32. The molecule has 106 valence electrons. The summed E-state index contributed by atoms with van der Waals surface area (Å²) < 4.78 is 13.7. The van der Waals surface area contributed by atoms with Gasteiger partial charge in [-0.05, 0) is 26.0 Å². The molecular formula is C15H19FN4. The average molecular weight is 274 g/mol. The molecule has 1 aromatic carbocycles. The van der Waals surface area contributed by atoms with Crippen LogP contribution in [0.25, 0.3) is 0 Å². The molecule has 2 aromatic rings. The van der Waals surface area contributed by atoms with E-state index in [0.717, 1.165) is 30.2 Å². The smallest absolute Gasteiger partial charge is 0.146 e. The molecule has 0 bridgehead atoms. The molecule has 0 aliphatic rings. The number of nitrogens with zero attached hydrogens (tertiary/aromatic N) is 2. The quantitative estimate of drug-likeness (QED) is 0.873. The van der Waals surface area contributed by atoms with Crippen LogP contribution in [0.3, 0.4) is 0 Å². The van der Waals surface area contributed by atoms with E-state index in [1.54, 1.807) is 18.2 Å². The summed E-state index contributed by atoms with van der Waals surface area (Å²) in [5, 5.41) is 6.25. The third-order valence-corrected chi connectivity index (χ3v) is 2.98. The summed E-state index contributed by atoms with van der Waals surface area (Å²) in [4.78, 5) is 8.89. The molecule has 0 saturated heterocycles. The van der Waals surface area contributed by atoms with Crippen molar-refractivity contribution in [1.29, 1.82) is 0 Å². The van der Waals surface area contributed by atoms with Gasteiger partial charge in [0, 0.05) is 18.5 Å². The minimum Gasteiger partial charge on any atom is -0.370 e. The highest BCUT2D eigenvalue weighted by molar-refractivity contribution is 5.65. The molecule has 0 spiro atoms. The summed E-state index contributed by atoms with van der Waals surface area (Å²) in [5.41, 5.74) is 1.30. The lowest BCUT2D eigenvalue weighted by Gasteiger charge is -2.14. The number of benzene rings is 1.